The molecule has 0 saturated heterocycles. The standard InChI is InChI=1S/C13H19FN2OS/c1-3-11(4-2)16-13(17)8-18-12-6-9(14)5-10(15)7-12/h5-7,11H,3-4,8,15H2,1-2H3,(H,16,17). The van der Waals surface area contributed by atoms with Crippen molar-refractivity contribution >= 4 is 23.4 Å². The highest BCUT2D eigenvalue weighted by atomic mass is 32.2. The summed E-state index contributed by atoms with van der Waals surface area (Å²) in [7, 11) is 0. The summed E-state index contributed by atoms with van der Waals surface area (Å²) in [6.45, 7) is 4.07. The van der Waals surface area contributed by atoms with Crippen molar-refractivity contribution in [3.05, 3.63) is 24.0 Å². The molecule has 3 nitrogen and oxygen atoms in total. The fraction of sp³-hybridized carbons (Fsp3) is 0.462. The molecule has 1 amide bonds. The van der Waals surface area contributed by atoms with Gasteiger partial charge < -0.3 is 11.1 Å². The summed E-state index contributed by atoms with van der Waals surface area (Å²) in [4.78, 5) is 12.3. The predicted octanol–water partition coefficient (Wildman–Crippen LogP) is 2.80. The Morgan fingerprint density at radius 2 is 2.06 bits per heavy atom. The predicted molar refractivity (Wildman–Crippen MR) is 74.0 cm³/mol. The zero-order valence-electron chi connectivity index (χ0n) is 10.7. The number of benzene rings is 1. The molecule has 0 unspecified atom stereocenters. The summed E-state index contributed by atoms with van der Waals surface area (Å²) >= 11 is 1.29. The Morgan fingerprint density at radius 1 is 1.39 bits per heavy atom. The number of halogens is 1. The first-order chi connectivity index (χ1) is 8.55. The van der Waals surface area contributed by atoms with Crippen molar-refractivity contribution in [2.75, 3.05) is 11.5 Å². The molecule has 0 heterocycles. The first-order valence-electron chi connectivity index (χ1n) is 6.03. The fourth-order valence-electron chi connectivity index (χ4n) is 1.58. The van der Waals surface area contributed by atoms with Crippen LogP contribution in [0.1, 0.15) is 26.7 Å². The third-order valence-corrected chi connectivity index (χ3v) is 3.59. The lowest BCUT2D eigenvalue weighted by Gasteiger charge is -2.14. The molecule has 1 aromatic rings. The van der Waals surface area contributed by atoms with Crippen LogP contribution in [0.4, 0.5) is 10.1 Å². The minimum absolute atomic E-state index is 0.0310. The van der Waals surface area contributed by atoms with Gasteiger partial charge in [0, 0.05) is 16.6 Å². The van der Waals surface area contributed by atoms with E-state index in [2.05, 4.69) is 5.32 Å². The van der Waals surface area contributed by atoms with Crippen LogP contribution >= 0.6 is 11.8 Å². The number of thioether (sulfide) groups is 1. The largest absolute Gasteiger partial charge is 0.399 e. The van der Waals surface area contributed by atoms with Gasteiger partial charge in [-0.1, -0.05) is 13.8 Å². The molecule has 18 heavy (non-hydrogen) atoms. The van der Waals surface area contributed by atoms with Crippen LogP contribution in [0.5, 0.6) is 0 Å². The highest BCUT2D eigenvalue weighted by Gasteiger charge is 2.09. The van der Waals surface area contributed by atoms with Crippen molar-refractivity contribution in [3.63, 3.8) is 0 Å². The van der Waals surface area contributed by atoms with Crippen LogP contribution < -0.4 is 11.1 Å². The van der Waals surface area contributed by atoms with Crippen LogP contribution in [0, 0.1) is 5.82 Å². The van der Waals surface area contributed by atoms with Gasteiger partial charge in [-0.25, -0.2) is 4.39 Å². The van der Waals surface area contributed by atoms with E-state index in [1.54, 1.807) is 6.07 Å². The summed E-state index contributed by atoms with van der Waals surface area (Å²) in [5.74, 6) is -0.131. The van der Waals surface area contributed by atoms with E-state index in [9.17, 15) is 9.18 Å². The SMILES string of the molecule is CCC(CC)NC(=O)CSc1cc(N)cc(F)c1. The average Bonchev–Trinajstić information content (AvgIpc) is 2.32. The molecule has 0 saturated carbocycles. The van der Waals surface area contributed by atoms with Crippen LogP contribution in [0.2, 0.25) is 0 Å². The molecular weight excluding hydrogens is 251 g/mol. The first kappa shape index (κ1) is 14.8. The molecule has 0 radical (unpaired) electrons. The summed E-state index contributed by atoms with van der Waals surface area (Å²) in [5.41, 5.74) is 5.91. The lowest BCUT2D eigenvalue weighted by atomic mass is 10.2. The number of anilines is 1. The van der Waals surface area contributed by atoms with Gasteiger partial charge in [-0.2, -0.15) is 0 Å². The lowest BCUT2D eigenvalue weighted by molar-refractivity contribution is -0.119. The first-order valence-corrected chi connectivity index (χ1v) is 7.02. The van der Waals surface area contributed by atoms with Gasteiger partial charge in [-0.15, -0.1) is 11.8 Å². The minimum Gasteiger partial charge on any atom is -0.399 e. The maximum atomic E-state index is 13.1. The van der Waals surface area contributed by atoms with E-state index in [4.69, 9.17) is 5.73 Å². The number of rotatable bonds is 6. The second kappa shape index (κ2) is 7.26. The smallest absolute Gasteiger partial charge is 0.230 e. The molecule has 5 heteroatoms. The van der Waals surface area contributed by atoms with E-state index in [1.807, 2.05) is 13.8 Å². The highest BCUT2D eigenvalue weighted by Crippen LogP contribution is 2.21. The Labute approximate surface area is 111 Å². The van der Waals surface area contributed by atoms with Gasteiger partial charge in [-0.3, -0.25) is 4.79 Å². The highest BCUT2D eigenvalue weighted by molar-refractivity contribution is 8.00. The third kappa shape index (κ3) is 4.96. The second-order valence-corrected chi connectivity index (χ2v) is 5.14. The van der Waals surface area contributed by atoms with E-state index >= 15 is 0 Å². The monoisotopic (exact) mass is 270 g/mol. The van der Waals surface area contributed by atoms with Gasteiger partial charge in [-0.05, 0) is 31.0 Å². The van der Waals surface area contributed by atoms with Crippen molar-refractivity contribution < 1.29 is 9.18 Å². The Morgan fingerprint density at radius 3 is 2.61 bits per heavy atom. The number of hydrogen-bond acceptors (Lipinski definition) is 3. The zero-order chi connectivity index (χ0) is 13.5. The number of nitrogens with one attached hydrogen (secondary N) is 1. The van der Waals surface area contributed by atoms with Crippen LogP contribution in [-0.4, -0.2) is 17.7 Å². The molecule has 0 atom stereocenters. The Hall–Kier alpha value is -1.23. The van der Waals surface area contributed by atoms with Crippen LogP contribution in [0.25, 0.3) is 0 Å². The normalized spacial score (nSPS) is 10.7. The van der Waals surface area contributed by atoms with Crippen molar-refractivity contribution in [2.24, 2.45) is 0 Å². The molecule has 0 aliphatic carbocycles. The zero-order valence-corrected chi connectivity index (χ0v) is 11.5. The van der Waals surface area contributed by atoms with Crippen molar-refractivity contribution in [2.45, 2.75) is 37.6 Å². The minimum atomic E-state index is -0.377. The number of carbonyl (C=O) groups excluding carboxylic acids is 1. The average molecular weight is 270 g/mol. The molecule has 1 rings (SSSR count). The molecule has 1 aromatic carbocycles. The van der Waals surface area contributed by atoms with Gasteiger partial charge in [0.05, 0.1) is 5.75 Å². The number of hydrogen-bond donors (Lipinski definition) is 2. The van der Waals surface area contributed by atoms with Gasteiger partial charge in [0.15, 0.2) is 0 Å². The lowest BCUT2D eigenvalue weighted by Crippen LogP contribution is -2.34. The van der Waals surface area contributed by atoms with Crippen molar-refractivity contribution in [1.29, 1.82) is 0 Å². The molecule has 3 N–H and O–H groups in total. The molecule has 0 aromatic heterocycles. The number of amides is 1. The molecular formula is C13H19FN2OS. The van der Waals surface area contributed by atoms with Crippen molar-refractivity contribution in [1.82, 2.24) is 5.32 Å². The van der Waals surface area contributed by atoms with Gasteiger partial charge in [0.25, 0.3) is 0 Å². The van der Waals surface area contributed by atoms with Crippen LogP contribution in [-0.2, 0) is 4.79 Å². The van der Waals surface area contributed by atoms with Gasteiger partial charge >= 0.3 is 0 Å². The Kier molecular flexibility index (Phi) is 5.98. The van der Waals surface area contributed by atoms with Crippen molar-refractivity contribution in [3.8, 4) is 0 Å². The summed E-state index contributed by atoms with van der Waals surface area (Å²) in [6.07, 6.45) is 1.83. The molecule has 0 spiro atoms. The maximum absolute atomic E-state index is 13.1. The van der Waals surface area contributed by atoms with E-state index in [0.717, 1.165) is 12.8 Å². The molecule has 0 fully saturated rings. The summed E-state index contributed by atoms with van der Waals surface area (Å²) in [5, 5.41) is 2.93. The second-order valence-electron chi connectivity index (χ2n) is 4.09. The van der Waals surface area contributed by atoms with E-state index in [0.29, 0.717) is 10.6 Å². The van der Waals surface area contributed by atoms with Gasteiger partial charge in [0.2, 0.25) is 5.91 Å². The summed E-state index contributed by atoms with van der Waals surface area (Å²) < 4.78 is 13.1. The van der Waals surface area contributed by atoms with Gasteiger partial charge in [0.1, 0.15) is 5.82 Å². The van der Waals surface area contributed by atoms with E-state index in [-0.39, 0.29) is 23.5 Å². The Balaban J connectivity index is 2.47. The molecule has 0 bridgehead atoms. The molecule has 0 aliphatic heterocycles. The Bertz CT molecular complexity index is 388. The quantitative estimate of drug-likeness (QED) is 0.617. The third-order valence-electron chi connectivity index (χ3n) is 2.61. The van der Waals surface area contributed by atoms with Crippen LogP contribution in [0.3, 0.4) is 0 Å². The number of nitrogens with two attached hydrogens (primary N) is 1. The van der Waals surface area contributed by atoms with E-state index in [1.165, 1.54) is 23.9 Å². The fourth-order valence-corrected chi connectivity index (χ4v) is 2.38. The number of carbonyl (C=O) groups is 1. The number of nitrogen functional groups attached to an aromatic ring is 1. The topological polar surface area (TPSA) is 55.1 Å². The summed E-state index contributed by atoms with van der Waals surface area (Å²) in [6, 6.07) is 4.52. The maximum Gasteiger partial charge on any atom is 0.230 e. The van der Waals surface area contributed by atoms with Crippen LogP contribution in [0.15, 0.2) is 23.1 Å². The van der Waals surface area contributed by atoms with E-state index < -0.39 is 0 Å². The molecule has 100 valence electrons. The molecule has 0 aliphatic rings.